The van der Waals surface area contributed by atoms with Crippen molar-refractivity contribution >= 4 is 5.82 Å². The molecule has 1 aliphatic rings. The van der Waals surface area contributed by atoms with Gasteiger partial charge in [0.05, 0.1) is 0 Å². The SMILES string of the molecule is CCNc1cc(C(C)C)nc(C2CCCCC2)n1. The van der Waals surface area contributed by atoms with Gasteiger partial charge in [0.25, 0.3) is 0 Å². The van der Waals surface area contributed by atoms with E-state index < -0.39 is 0 Å². The van der Waals surface area contributed by atoms with Crippen molar-refractivity contribution in [3.8, 4) is 0 Å². The molecule has 0 bridgehead atoms. The van der Waals surface area contributed by atoms with Gasteiger partial charge in [0, 0.05) is 24.2 Å². The van der Waals surface area contributed by atoms with E-state index >= 15 is 0 Å². The van der Waals surface area contributed by atoms with E-state index in [9.17, 15) is 0 Å². The van der Waals surface area contributed by atoms with E-state index in [0.717, 1.165) is 18.2 Å². The zero-order valence-corrected chi connectivity index (χ0v) is 11.9. The summed E-state index contributed by atoms with van der Waals surface area (Å²) in [6, 6.07) is 2.10. The maximum atomic E-state index is 4.79. The highest BCUT2D eigenvalue weighted by Crippen LogP contribution is 2.31. The fraction of sp³-hybridized carbons (Fsp3) is 0.733. The Morgan fingerprint density at radius 2 is 1.94 bits per heavy atom. The maximum absolute atomic E-state index is 4.79. The Balaban J connectivity index is 2.26. The minimum atomic E-state index is 0.466. The number of hydrogen-bond donors (Lipinski definition) is 1. The van der Waals surface area contributed by atoms with Crippen molar-refractivity contribution in [2.75, 3.05) is 11.9 Å². The second-order valence-electron chi connectivity index (χ2n) is 5.56. The average molecular weight is 247 g/mol. The van der Waals surface area contributed by atoms with E-state index in [1.165, 1.54) is 37.8 Å². The summed E-state index contributed by atoms with van der Waals surface area (Å²) >= 11 is 0. The van der Waals surface area contributed by atoms with Gasteiger partial charge in [-0.3, -0.25) is 0 Å². The topological polar surface area (TPSA) is 37.8 Å². The van der Waals surface area contributed by atoms with E-state index in [1.54, 1.807) is 0 Å². The summed E-state index contributed by atoms with van der Waals surface area (Å²) < 4.78 is 0. The molecular weight excluding hydrogens is 222 g/mol. The summed E-state index contributed by atoms with van der Waals surface area (Å²) in [5, 5.41) is 3.33. The standard InChI is InChI=1S/C15H25N3/c1-4-16-14-10-13(11(2)3)17-15(18-14)12-8-6-5-7-9-12/h10-12H,4-9H2,1-3H3,(H,16,17,18). The molecule has 1 aromatic heterocycles. The predicted molar refractivity (Wildman–Crippen MR) is 76.1 cm³/mol. The summed E-state index contributed by atoms with van der Waals surface area (Å²) in [7, 11) is 0. The lowest BCUT2D eigenvalue weighted by Gasteiger charge is -2.21. The van der Waals surface area contributed by atoms with Crippen LogP contribution in [-0.2, 0) is 0 Å². The molecule has 0 unspecified atom stereocenters. The van der Waals surface area contributed by atoms with Crippen molar-refractivity contribution in [3.63, 3.8) is 0 Å². The van der Waals surface area contributed by atoms with Crippen molar-refractivity contribution in [1.29, 1.82) is 0 Å². The molecule has 1 N–H and O–H groups in total. The van der Waals surface area contributed by atoms with Gasteiger partial charge in [-0.05, 0) is 25.7 Å². The van der Waals surface area contributed by atoms with Gasteiger partial charge in [0.2, 0.25) is 0 Å². The third kappa shape index (κ3) is 3.21. The lowest BCUT2D eigenvalue weighted by Crippen LogP contribution is -2.13. The van der Waals surface area contributed by atoms with Gasteiger partial charge < -0.3 is 5.32 Å². The maximum Gasteiger partial charge on any atom is 0.134 e. The minimum Gasteiger partial charge on any atom is -0.370 e. The first-order chi connectivity index (χ1) is 8.70. The minimum absolute atomic E-state index is 0.466. The Labute approximate surface area is 110 Å². The van der Waals surface area contributed by atoms with Gasteiger partial charge in [0.15, 0.2) is 0 Å². The zero-order chi connectivity index (χ0) is 13.0. The van der Waals surface area contributed by atoms with Gasteiger partial charge in [-0.15, -0.1) is 0 Å². The van der Waals surface area contributed by atoms with E-state index in [4.69, 9.17) is 9.97 Å². The Morgan fingerprint density at radius 1 is 1.22 bits per heavy atom. The third-order valence-corrected chi connectivity index (χ3v) is 3.68. The second-order valence-corrected chi connectivity index (χ2v) is 5.56. The van der Waals surface area contributed by atoms with E-state index in [1.807, 2.05) is 0 Å². The lowest BCUT2D eigenvalue weighted by atomic mass is 9.88. The summed E-state index contributed by atoms with van der Waals surface area (Å²) in [5.41, 5.74) is 1.17. The Hall–Kier alpha value is -1.12. The van der Waals surface area contributed by atoms with Crippen molar-refractivity contribution in [1.82, 2.24) is 9.97 Å². The fourth-order valence-electron chi connectivity index (χ4n) is 2.60. The molecule has 3 heteroatoms. The molecule has 1 fully saturated rings. The molecule has 2 rings (SSSR count). The normalized spacial score (nSPS) is 17.1. The van der Waals surface area contributed by atoms with Crippen molar-refractivity contribution < 1.29 is 0 Å². The molecule has 1 heterocycles. The molecule has 0 radical (unpaired) electrons. The van der Waals surface area contributed by atoms with Crippen LogP contribution >= 0.6 is 0 Å². The summed E-state index contributed by atoms with van der Waals surface area (Å²) in [4.78, 5) is 9.49. The zero-order valence-electron chi connectivity index (χ0n) is 11.9. The van der Waals surface area contributed by atoms with Crippen molar-refractivity contribution in [3.05, 3.63) is 17.6 Å². The van der Waals surface area contributed by atoms with E-state index in [-0.39, 0.29) is 0 Å². The smallest absolute Gasteiger partial charge is 0.134 e. The molecule has 18 heavy (non-hydrogen) atoms. The molecule has 0 atom stereocenters. The van der Waals surface area contributed by atoms with Gasteiger partial charge >= 0.3 is 0 Å². The number of rotatable bonds is 4. The Morgan fingerprint density at radius 3 is 2.56 bits per heavy atom. The van der Waals surface area contributed by atoms with Crippen LogP contribution in [0.3, 0.4) is 0 Å². The molecule has 3 nitrogen and oxygen atoms in total. The summed E-state index contributed by atoms with van der Waals surface area (Å²) in [6.07, 6.45) is 6.55. The number of hydrogen-bond acceptors (Lipinski definition) is 3. The first kappa shape index (κ1) is 13.3. The number of aromatic nitrogens is 2. The second kappa shape index (κ2) is 6.17. The van der Waals surface area contributed by atoms with Crippen LogP contribution in [0.25, 0.3) is 0 Å². The molecule has 100 valence electrons. The molecule has 0 spiro atoms. The lowest BCUT2D eigenvalue weighted by molar-refractivity contribution is 0.427. The number of anilines is 1. The van der Waals surface area contributed by atoms with Crippen LogP contribution in [0.15, 0.2) is 6.07 Å². The fourth-order valence-corrected chi connectivity index (χ4v) is 2.60. The highest BCUT2D eigenvalue weighted by Gasteiger charge is 2.19. The largest absolute Gasteiger partial charge is 0.370 e. The Bertz CT molecular complexity index is 381. The molecule has 0 aromatic carbocycles. The van der Waals surface area contributed by atoms with Crippen LogP contribution in [0, 0.1) is 0 Å². The molecular formula is C15H25N3. The Kier molecular flexibility index (Phi) is 4.56. The molecule has 0 amide bonds. The summed E-state index contributed by atoms with van der Waals surface area (Å²) in [6.45, 7) is 7.42. The average Bonchev–Trinajstić information content (AvgIpc) is 2.40. The van der Waals surface area contributed by atoms with E-state index in [2.05, 4.69) is 32.2 Å². The van der Waals surface area contributed by atoms with Crippen LogP contribution in [0.5, 0.6) is 0 Å². The van der Waals surface area contributed by atoms with Crippen molar-refractivity contribution in [2.24, 2.45) is 0 Å². The highest BCUT2D eigenvalue weighted by atomic mass is 15.0. The van der Waals surface area contributed by atoms with Crippen LogP contribution in [-0.4, -0.2) is 16.5 Å². The van der Waals surface area contributed by atoms with Crippen LogP contribution in [0.1, 0.15) is 76.2 Å². The number of nitrogens with one attached hydrogen (secondary N) is 1. The summed E-state index contributed by atoms with van der Waals surface area (Å²) in [5.74, 6) is 3.11. The van der Waals surface area contributed by atoms with Crippen LogP contribution in [0.2, 0.25) is 0 Å². The molecule has 0 aliphatic heterocycles. The first-order valence-electron chi connectivity index (χ1n) is 7.33. The molecule has 1 aromatic rings. The highest BCUT2D eigenvalue weighted by molar-refractivity contribution is 5.37. The van der Waals surface area contributed by atoms with Crippen LogP contribution in [0.4, 0.5) is 5.82 Å². The van der Waals surface area contributed by atoms with Gasteiger partial charge in [-0.2, -0.15) is 0 Å². The molecule has 0 saturated heterocycles. The third-order valence-electron chi connectivity index (χ3n) is 3.68. The van der Waals surface area contributed by atoms with Gasteiger partial charge in [-0.1, -0.05) is 33.1 Å². The molecule has 1 saturated carbocycles. The molecule has 1 aliphatic carbocycles. The predicted octanol–water partition coefficient (Wildman–Crippen LogP) is 4.08. The first-order valence-corrected chi connectivity index (χ1v) is 7.33. The van der Waals surface area contributed by atoms with Crippen molar-refractivity contribution in [2.45, 2.75) is 64.7 Å². The quantitative estimate of drug-likeness (QED) is 0.871. The van der Waals surface area contributed by atoms with E-state index in [0.29, 0.717) is 11.8 Å². The number of nitrogens with zero attached hydrogens (tertiary/aromatic N) is 2. The van der Waals surface area contributed by atoms with Gasteiger partial charge in [0.1, 0.15) is 11.6 Å². The van der Waals surface area contributed by atoms with Gasteiger partial charge in [-0.25, -0.2) is 9.97 Å². The van der Waals surface area contributed by atoms with Crippen LogP contribution < -0.4 is 5.32 Å². The monoisotopic (exact) mass is 247 g/mol.